The zero-order valence-electron chi connectivity index (χ0n) is 26.2. The molecule has 1 amide bonds. The number of ether oxygens (including phenoxy) is 2. The Bertz CT molecular complexity index is 1840. The molecule has 49 heavy (non-hydrogen) atoms. The maximum Gasteiger partial charge on any atom is 0.335 e. The molecule has 5 rings (SSSR count). The Morgan fingerprint density at radius 1 is 1.02 bits per heavy atom. The van der Waals surface area contributed by atoms with E-state index >= 15 is 0 Å². The normalized spacial score (nSPS) is 16.4. The van der Waals surface area contributed by atoms with Gasteiger partial charge in [-0.05, 0) is 78.6 Å². The Balaban J connectivity index is 1.20. The van der Waals surface area contributed by atoms with Crippen LogP contribution in [0.4, 0.5) is 14.5 Å². The van der Waals surface area contributed by atoms with Gasteiger partial charge in [-0.3, -0.25) is 14.4 Å². The number of hydrogen-bond donors (Lipinski definition) is 3. The molecule has 0 saturated carbocycles. The number of amides is 1. The van der Waals surface area contributed by atoms with Crippen LogP contribution >= 0.6 is 24.0 Å². The fourth-order valence-corrected chi connectivity index (χ4v) is 7.41. The van der Waals surface area contributed by atoms with Crippen molar-refractivity contribution in [2.75, 3.05) is 56.5 Å². The van der Waals surface area contributed by atoms with E-state index in [1.807, 2.05) is 0 Å². The van der Waals surface area contributed by atoms with Crippen LogP contribution in [0.5, 0.6) is 5.75 Å². The van der Waals surface area contributed by atoms with E-state index in [9.17, 15) is 26.8 Å². The van der Waals surface area contributed by atoms with Crippen molar-refractivity contribution in [1.29, 1.82) is 0 Å². The van der Waals surface area contributed by atoms with E-state index in [2.05, 4.69) is 15.0 Å². The summed E-state index contributed by atoms with van der Waals surface area (Å²) < 4.78 is 66.8. The minimum atomic E-state index is -3.68. The summed E-state index contributed by atoms with van der Waals surface area (Å²) in [4.78, 5) is 26.9. The first-order valence-corrected chi connectivity index (χ1v) is 18.2. The summed E-state index contributed by atoms with van der Waals surface area (Å²) in [6.07, 6.45) is 2.34. The van der Waals surface area contributed by atoms with Crippen molar-refractivity contribution in [2.24, 2.45) is 0 Å². The molecular formula is C33H34F2N4O7S3. The number of unbranched alkanes of at least 4 members (excludes halogenated alkanes) is 1. The van der Waals surface area contributed by atoms with Crippen LogP contribution in [0.1, 0.15) is 28.8 Å². The van der Waals surface area contributed by atoms with Gasteiger partial charge in [0.05, 0.1) is 29.4 Å². The van der Waals surface area contributed by atoms with Crippen molar-refractivity contribution in [3.63, 3.8) is 0 Å². The lowest BCUT2D eigenvalue weighted by molar-refractivity contribution is -0.124. The number of carboxylic acid groups (broad SMARTS) is 1. The Morgan fingerprint density at radius 2 is 1.73 bits per heavy atom. The number of rotatable bonds is 15. The number of sulfonamides is 1. The summed E-state index contributed by atoms with van der Waals surface area (Å²) >= 11 is 6.53. The molecular weight excluding hydrogens is 699 g/mol. The number of hydrogen-bond acceptors (Lipinski definition) is 10. The molecule has 0 radical (unpaired) electrons. The Morgan fingerprint density at radius 3 is 2.45 bits per heavy atom. The van der Waals surface area contributed by atoms with Gasteiger partial charge >= 0.3 is 5.97 Å². The van der Waals surface area contributed by atoms with Crippen molar-refractivity contribution in [1.82, 2.24) is 15.3 Å². The van der Waals surface area contributed by atoms with Crippen LogP contribution in [0, 0.1) is 11.6 Å². The van der Waals surface area contributed by atoms with E-state index in [0.29, 0.717) is 60.1 Å². The zero-order valence-corrected chi connectivity index (χ0v) is 28.6. The Hall–Kier alpha value is -3.93. The van der Waals surface area contributed by atoms with Gasteiger partial charge in [-0.15, -0.1) is 0 Å². The number of carbonyl (C=O) groups is 2. The van der Waals surface area contributed by atoms with Crippen molar-refractivity contribution >= 4 is 62.0 Å². The molecule has 3 aromatic carbocycles. The number of halogens is 2. The third-order valence-electron chi connectivity index (χ3n) is 7.63. The third-order valence-corrected chi connectivity index (χ3v) is 10.3. The number of nitrogens with one attached hydrogen (secondary N) is 2. The number of carboxylic acids is 1. The molecule has 2 aliphatic rings. The second-order valence-electron chi connectivity index (χ2n) is 11.1. The van der Waals surface area contributed by atoms with E-state index < -0.39 is 33.5 Å². The topological polar surface area (TPSA) is 138 Å². The lowest BCUT2D eigenvalue weighted by atomic mass is 10.0. The van der Waals surface area contributed by atoms with Crippen LogP contribution in [-0.2, 0) is 19.6 Å². The predicted molar refractivity (Wildman–Crippen MR) is 188 cm³/mol. The van der Waals surface area contributed by atoms with E-state index in [1.54, 1.807) is 24.3 Å². The summed E-state index contributed by atoms with van der Waals surface area (Å²) in [7, 11) is -3.68. The van der Waals surface area contributed by atoms with Crippen LogP contribution in [0.25, 0.3) is 17.2 Å². The minimum Gasteiger partial charge on any atom is -0.492 e. The van der Waals surface area contributed by atoms with E-state index in [0.717, 1.165) is 37.0 Å². The smallest absolute Gasteiger partial charge is 0.335 e. The zero-order chi connectivity index (χ0) is 35.0. The minimum absolute atomic E-state index is 0.0445. The van der Waals surface area contributed by atoms with Crippen LogP contribution in [0.2, 0.25) is 0 Å². The summed E-state index contributed by atoms with van der Waals surface area (Å²) in [6, 6.07) is 14.2. The lowest BCUT2D eigenvalue weighted by Crippen LogP contribution is -2.41. The molecule has 0 bridgehead atoms. The summed E-state index contributed by atoms with van der Waals surface area (Å²) in [5, 5.41) is 10.2. The molecule has 0 aromatic heterocycles. The monoisotopic (exact) mass is 732 g/mol. The molecule has 0 atom stereocenters. The first kappa shape index (κ1) is 36.4. The van der Waals surface area contributed by atoms with Crippen molar-refractivity contribution in [3.05, 3.63) is 88.3 Å². The summed E-state index contributed by atoms with van der Waals surface area (Å²) in [5.74, 6) is -3.11. The average Bonchev–Trinajstić information content (AvgIpc) is 3.34. The van der Waals surface area contributed by atoms with Crippen molar-refractivity contribution in [2.45, 2.75) is 12.8 Å². The highest BCUT2D eigenvalue weighted by Crippen LogP contribution is 2.35. The largest absolute Gasteiger partial charge is 0.492 e. The average molecular weight is 733 g/mol. The van der Waals surface area contributed by atoms with Crippen LogP contribution in [0.3, 0.4) is 0 Å². The molecule has 2 heterocycles. The maximum atomic E-state index is 14.0. The Labute approximate surface area is 292 Å². The first-order chi connectivity index (χ1) is 23.5. The van der Waals surface area contributed by atoms with Crippen molar-refractivity contribution < 1.29 is 41.4 Å². The number of thiocarbonyl (C=S) groups is 1. The van der Waals surface area contributed by atoms with Gasteiger partial charge in [-0.1, -0.05) is 36.1 Å². The molecule has 2 fully saturated rings. The SMILES string of the molecule is O=C(O)c1ccc(NS(=O)(=O)CCCCNN2C(=O)C(=Cc3cc(-c4ccc(F)c(F)c4)ccc3OCCN3CCOCC3)SC2=S)cc1. The number of thioether (sulfide) groups is 1. The molecule has 3 N–H and O–H groups in total. The number of benzene rings is 3. The number of anilines is 1. The fourth-order valence-electron chi connectivity index (χ4n) is 5.02. The van der Waals surface area contributed by atoms with Gasteiger partial charge in [0.1, 0.15) is 12.4 Å². The quantitative estimate of drug-likeness (QED) is 0.111. The molecule has 11 nitrogen and oxygen atoms in total. The van der Waals surface area contributed by atoms with E-state index in [4.69, 9.17) is 26.8 Å². The third kappa shape index (κ3) is 10.1. The second kappa shape index (κ2) is 16.7. The molecule has 2 aliphatic heterocycles. The highest BCUT2D eigenvalue weighted by Gasteiger charge is 2.32. The number of nitrogens with zero attached hydrogens (tertiary/aromatic N) is 2. The molecule has 0 spiro atoms. The van der Waals surface area contributed by atoms with E-state index in [-0.39, 0.29) is 34.3 Å². The maximum absolute atomic E-state index is 14.0. The lowest BCUT2D eigenvalue weighted by Gasteiger charge is -2.26. The molecule has 3 aromatic rings. The van der Waals surface area contributed by atoms with Gasteiger partial charge in [0, 0.05) is 37.4 Å². The molecule has 0 unspecified atom stereocenters. The van der Waals surface area contributed by atoms with Crippen LogP contribution < -0.4 is 14.9 Å². The first-order valence-electron chi connectivity index (χ1n) is 15.4. The van der Waals surface area contributed by atoms with Gasteiger partial charge in [-0.25, -0.2) is 32.4 Å². The summed E-state index contributed by atoms with van der Waals surface area (Å²) in [5.41, 5.74) is 4.88. The number of carbonyl (C=O) groups excluding carboxylic acids is 1. The number of aromatic carboxylic acids is 1. The van der Waals surface area contributed by atoms with Crippen LogP contribution in [0.15, 0.2) is 65.6 Å². The molecule has 16 heteroatoms. The molecule has 2 saturated heterocycles. The Kier molecular flexibility index (Phi) is 12.4. The van der Waals surface area contributed by atoms with Crippen molar-refractivity contribution in [3.8, 4) is 16.9 Å². The van der Waals surface area contributed by atoms with Crippen LogP contribution in [-0.4, -0.2) is 91.4 Å². The van der Waals surface area contributed by atoms with E-state index in [1.165, 1.54) is 35.3 Å². The molecule has 260 valence electrons. The summed E-state index contributed by atoms with van der Waals surface area (Å²) in [6.45, 7) is 4.26. The number of hydrazine groups is 1. The van der Waals surface area contributed by atoms with Gasteiger partial charge in [-0.2, -0.15) is 0 Å². The van der Waals surface area contributed by atoms with Gasteiger partial charge in [0.2, 0.25) is 10.0 Å². The van der Waals surface area contributed by atoms with Gasteiger partial charge < -0.3 is 14.6 Å². The van der Waals surface area contributed by atoms with Gasteiger partial charge in [0.15, 0.2) is 16.0 Å². The predicted octanol–water partition coefficient (Wildman–Crippen LogP) is 4.97. The highest BCUT2D eigenvalue weighted by atomic mass is 32.2. The molecule has 0 aliphatic carbocycles. The number of morpholine rings is 1. The standard InChI is InChI=1S/C33H34F2N4O7S3/c34-27-9-5-24(20-28(27)35)23-6-10-29(46-17-14-38-12-15-45-16-13-38)25(19-23)21-30-31(40)39(33(47)48-30)36-11-1-2-18-49(43,44)37-26-7-3-22(4-8-26)32(41)42/h3-10,19-21,36-37H,1-2,11-18H2,(H,41,42). The van der Waals surface area contributed by atoms with Gasteiger partial charge in [0.25, 0.3) is 5.91 Å². The fraction of sp³-hybridized carbons (Fsp3) is 0.303. The highest BCUT2D eigenvalue weighted by molar-refractivity contribution is 8.26. The second-order valence-corrected chi connectivity index (χ2v) is 14.6.